The Morgan fingerprint density at radius 3 is 2.69 bits per heavy atom. The molecule has 0 aliphatic rings. The molecule has 1 atom stereocenters. The van der Waals surface area contributed by atoms with Crippen LogP contribution in [0.1, 0.15) is 12.5 Å². The summed E-state index contributed by atoms with van der Waals surface area (Å²) < 4.78 is 0. The van der Waals surface area contributed by atoms with Crippen molar-refractivity contribution in [1.82, 2.24) is 5.32 Å². The largest absolute Gasteiger partial charge is 0.392 e. The zero-order valence-corrected chi connectivity index (χ0v) is 10.8. The molecule has 4 heteroatoms. The summed E-state index contributed by atoms with van der Waals surface area (Å²) in [6.45, 7) is 3.14. The van der Waals surface area contributed by atoms with Crippen LogP contribution < -0.4 is 10.2 Å². The molecular weight excluding hydrogens is 224 g/mol. The van der Waals surface area contributed by atoms with Crippen LogP contribution in [0.4, 0.5) is 5.69 Å². The van der Waals surface area contributed by atoms with Crippen LogP contribution >= 0.6 is 11.6 Å². The van der Waals surface area contributed by atoms with E-state index in [1.807, 2.05) is 37.2 Å². The van der Waals surface area contributed by atoms with E-state index in [0.29, 0.717) is 6.54 Å². The van der Waals surface area contributed by atoms with Crippen LogP contribution in [0.3, 0.4) is 0 Å². The number of aliphatic hydroxyl groups excluding tert-OH is 1. The van der Waals surface area contributed by atoms with E-state index >= 15 is 0 Å². The van der Waals surface area contributed by atoms with Gasteiger partial charge in [-0.25, -0.2) is 0 Å². The molecule has 0 radical (unpaired) electrons. The van der Waals surface area contributed by atoms with Crippen LogP contribution in [-0.4, -0.2) is 31.9 Å². The molecule has 0 saturated heterocycles. The highest BCUT2D eigenvalue weighted by atomic mass is 35.5. The molecule has 0 saturated carbocycles. The average Bonchev–Trinajstić information content (AvgIpc) is 2.16. The van der Waals surface area contributed by atoms with Gasteiger partial charge in [0.15, 0.2) is 0 Å². The molecule has 0 heterocycles. The summed E-state index contributed by atoms with van der Waals surface area (Å²) in [6.07, 6.45) is -0.363. The highest BCUT2D eigenvalue weighted by molar-refractivity contribution is 6.33. The van der Waals surface area contributed by atoms with Crippen molar-refractivity contribution in [2.24, 2.45) is 0 Å². The van der Waals surface area contributed by atoms with Crippen molar-refractivity contribution < 1.29 is 5.11 Å². The fraction of sp³-hybridized carbons (Fsp3) is 0.500. The third kappa shape index (κ3) is 3.67. The summed E-state index contributed by atoms with van der Waals surface area (Å²) in [5.74, 6) is 0. The molecule has 0 aliphatic heterocycles. The summed E-state index contributed by atoms with van der Waals surface area (Å²) in [7, 11) is 3.83. The summed E-state index contributed by atoms with van der Waals surface area (Å²) in [6, 6.07) is 5.97. The molecule has 90 valence electrons. The quantitative estimate of drug-likeness (QED) is 0.828. The predicted octanol–water partition coefficient (Wildman–Crippen LogP) is 1.88. The third-order valence-electron chi connectivity index (χ3n) is 2.34. The molecule has 0 aliphatic carbocycles. The van der Waals surface area contributed by atoms with Crippen LogP contribution in [0.5, 0.6) is 0 Å². The second-order valence-electron chi connectivity index (χ2n) is 4.05. The van der Waals surface area contributed by atoms with Gasteiger partial charge in [0.2, 0.25) is 0 Å². The lowest BCUT2D eigenvalue weighted by Gasteiger charge is -2.22. The van der Waals surface area contributed by atoms with Gasteiger partial charge in [-0.3, -0.25) is 0 Å². The van der Waals surface area contributed by atoms with Gasteiger partial charge in [0, 0.05) is 20.1 Å². The van der Waals surface area contributed by atoms with Gasteiger partial charge in [-0.15, -0.1) is 0 Å². The number of halogens is 1. The second-order valence-corrected chi connectivity index (χ2v) is 4.45. The standard InChI is InChI=1S/C12H19ClN2O/c1-9(16)8-15(3)12-5-4-10(7-14-2)6-11(12)13/h4-6,9,14,16H,7-8H2,1-3H3. The van der Waals surface area contributed by atoms with Crippen LogP contribution in [0.25, 0.3) is 0 Å². The van der Waals surface area contributed by atoms with Crippen molar-refractivity contribution >= 4 is 17.3 Å². The van der Waals surface area contributed by atoms with Crippen LogP contribution in [0, 0.1) is 0 Å². The normalized spacial score (nSPS) is 12.6. The molecule has 1 aromatic carbocycles. The molecule has 16 heavy (non-hydrogen) atoms. The molecule has 3 nitrogen and oxygen atoms in total. The van der Waals surface area contributed by atoms with Gasteiger partial charge in [-0.1, -0.05) is 17.7 Å². The second kappa shape index (κ2) is 6.09. The minimum absolute atomic E-state index is 0.363. The van der Waals surface area contributed by atoms with Gasteiger partial charge < -0.3 is 15.3 Å². The topological polar surface area (TPSA) is 35.5 Å². The zero-order valence-electron chi connectivity index (χ0n) is 10.00. The minimum Gasteiger partial charge on any atom is -0.392 e. The Morgan fingerprint density at radius 2 is 2.19 bits per heavy atom. The fourth-order valence-electron chi connectivity index (χ4n) is 1.67. The van der Waals surface area contributed by atoms with E-state index in [1.165, 1.54) is 0 Å². The number of benzene rings is 1. The molecule has 0 aromatic heterocycles. The Kier molecular flexibility index (Phi) is 5.06. The predicted molar refractivity (Wildman–Crippen MR) is 69.2 cm³/mol. The number of nitrogens with one attached hydrogen (secondary N) is 1. The highest BCUT2D eigenvalue weighted by Crippen LogP contribution is 2.26. The molecule has 0 amide bonds. The van der Waals surface area contributed by atoms with E-state index in [0.717, 1.165) is 22.8 Å². The number of likely N-dealkylation sites (N-methyl/N-ethyl adjacent to an activating group) is 1. The maximum atomic E-state index is 9.32. The van der Waals surface area contributed by atoms with E-state index in [4.69, 9.17) is 11.6 Å². The van der Waals surface area contributed by atoms with Crippen molar-refractivity contribution in [3.8, 4) is 0 Å². The van der Waals surface area contributed by atoms with Crippen molar-refractivity contribution in [2.75, 3.05) is 25.5 Å². The molecule has 0 fully saturated rings. The molecule has 0 bridgehead atoms. The monoisotopic (exact) mass is 242 g/mol. The first kappa shape index (κ1) is 13.3. The molecular formula is C12H19ClN2O. The number of rotatable bonds is 5. The summed E-state index contributed by atoms with van der Waals surface area (Å²) in [5.41, 5.74) is 2.10. The lowest BCUT2D eigenvalue weighted by atomic mass is 10.2. The fourth-order valence-corrected chi connectivity index (χ4v) is 2.02. The summed E-state index contributed by atoms with van der Waals surface area (Å²) in [5, 5.41) is 13.1. The van der Waals surface area contributed by atoms with Gasteiger partial charge >= 0.3 is 0 Å². The minimum atomic E-state index is -0.363. The van der Waals surface area contributed by atoms with E-state index in [9.17, 15) is 5.11 Å². The number of hydrogen-bond donors (Lipinski definition) is 2. The Morgan fingerprint density at radius 1 is 1.50 bits per heavy atom. The number of nitrogens with zero attached hydrogens (tertiary/aromatic N) is 1. The SMILES string of the molecule is CNCc1ccc(N(C)CC(C)O)c(Cl)c1. The van der Waals surface area contributed by atoms with Gasteiger partial charge in [-0.05, 0) is 31.7 Å². The Bertz CT molecular complexity index is 342. The number of hydrogen-bond acceptors (Lipinski definition) is 3. The average molecular weight is 243 g/mol. The van der Waals surface area contributed by atoms with Crippen molar-refractivity contribution in [1.29, 1.82) is 0 Å². The maximum absolute atomic E-state index is 9.32. The van der Waals surface area contributed by atoms with Crippen molar-refractivity contribution in [2.45, 2.75) is 19.6 Å². The Balaban J connectivity index is 2.81. The van der Waals surface area contributed by atoms with Crippen molar-refractivity contribution in [3.63, 3.8) is 0 Å². The van der Waals surface area contributed by atoms with E-state index in [1.54, 1.807) is 6.92 Å². The lowest BCUT2D eigenvalue weighted by molar-refractivity contribution is 0.201. The number of anilines is 1. The van der Waals surface area contributed by atoms with E-state index < -0.39 is 0 Å². The first-order valence-corrected chi connectivity index (χ1v) is 5.74. The molecule has 1 aromatic rings. The van der Waals surface area contributed by atoms with Gasteiger partial charge in [0.25, 0.3) is 0 Å². The summed E-state index contributed by atoms with van der Waals surface area (Å²) in [4.78, 5) is 1.95. The smallest absolute Gasteiger partial charge is 0.0686 e. The first-order chi connectivity index (χ1) is 7.54. The maximum Gasteiger partial charge on any atom is 0.0686 e. The van der Waals surface area contributed by atoms with E-state index in [2.05, 4.69) is 5.32 Å². The molecule has 1 rings (SSSR count). The third-order valence-corrected chi connectivity index (χ3v) is 2.65. The van der Waals surface area contributed by atoms with E-state index in [-0.39, 0.29) is 6.10 Å². The lowest BCUT2D eigenvalue weighted by Crippen LogP contribution is -2.27. The van der Waals surface area contributed by atoms with Gasteiger partial charge in [-0.2, -0.15) is 0 Å². The van der Waals surface area contributed by atoms with Gasteiger partial charge in [0.05, 0.1) is 16.8 Å². The number of aliphatic hydroxyl groups is 1. The molecule has 2 N–H and O–H groups in total. The summed E-state index contributed by atoms with van der Waals surface area (Å²) >= 11 is 6.19. The molecule has 0 spiro atoms. The van der Waals surface area contributed by atoms with Crippen LogP contribution in [0.2, 0.25) is 5.02 Å². The Hall–Kier alpha value is -0.770. The van der Waals surface area contributed by atoms with Crippen molar-refractivity contribution in [3.05, 3.63) is 28.8 Å². The first-order valence-electron chi connectivity index (χ1n) is 5.36. The van der Waals surface area contributed by atoms with Crippen LogP contribution in [0.15, 0.2) is 18.2 Å². The highest BCUT2D eigenvalue weighted by Gasteiger charge is 2.08. The molecule has 1 unspecified atom stereocenters. The van der Waals surface area contributed by atoms with Gasteiger partial charge in [0.1, 0.15) is 0 Å². The zero-order chi connectivity index (χ0) is 12.1. The van der Waals surface area contributed by atoms with Crippen LogP contribution in [-0.2, 0) is 6.54 Å². The Labute approximate surface area is 102 Å².